The molecule has 1 heterocycles. The van der Waals surface area contributed by atoms with Gasteiger partial charge < -0.3 is 28.4 Å². The van der Waals surface area contributed by atoms with Crippen LogP contribution < -0.4 is 9.47 Å². The molecule has 1 saturated heterocycles. The smallest absolute Gasteiger partial charge is 0.308 e. The van der Waals surface area contributed by atoms with E-state index in [9.17, 15) is 9.59 Å². The summed E-state index contributed by atoms with van der Waals surface area (Å²) in [6.45, 7) is 11.0. The predicted octanol–water partition coefficient (Wildman–Crippen LogP) is 2.92. The van der Waals surface area contributed by atoms with Crippen molar-refractivity contribution in [2.45, 2.75) is 26.9 Å². The SMILES string of the molecule is CC(=O)Oc1ccccc1CN1CCOCCOCCN(Cc2ccccc2OC(C)=O)CCOCCOCC1. The van der Waals surface area contributed by atoms with E-state index in [0.717, 1.165) is 11.1 Å². The maximum absolute atomic E-state index is 11.5. The Bertz CT molecular complexity index is 933. The number of nitrogens with zero attached hydrogens (tertiary/aromatic N) is 2. The molecule has 1 aliphatic heterocycles. The third kappa shape index (κ3) is 12.5. The van der Waals surface area contributed by atoms with Gasteiger partial charge in [-0.05, 0) is 12.1 Å². The standard InChI is InChI=1S/C30H42N2O8/c1-25(33)39-29-9-5-3-7-27(29)23-31-11-15-35-19-21-37-17-13-32(14-18-38-22-20-36-16-12-31)24-28-8-4-6-10-30(28)40-26(2)34/h3-10H,11-24H2,1-2H3. The minimum absolute atomic E-state index is 0.339. The number of benzene rings is 2. The van der Waals surface area contributed by atoms with Crippen LogP contribution in [-0.4, -0.2) is 101 Å². The van der Waals surface area contributed by atoms with E-state index < -0.39 is 0 Å². The average molecular weight is 559 g/mol. The zero-order valence-electron chi connectivity index (χ0n) is 23.7. The highest BCUT2D eigenvalue weighted by Gasteiger charge is 2.14. The van der Waals surface area contributed by atoms with Crippen molar-refractivity contribution in [1.82, 2.24) is 9.80 Å². The zero-order chi connectivity index (χ0) is 28.4. The lowest BCUT2D eigenvalue weighted by atomic mass is 10.2. The van der Waals surface area contributed by atoms with Crippen LogP contribution in [0.1, 0.15) is 25.0 Å². The lowest BCUT2D eigenvalue weighted by Crippen LogP contribution is -2.33. The van der Waals surface area contributed by atoms with Crippen molar-refractivity contribution in [3.8, 4) is 11.5 Å². The second-order valence-corrected chi connectivity index (χ2v) is 9.40. The van der Waals surface area contributed by atoms with Crippen molar-refractivity contribution in [2.24, 2.45) is 0 Å². The fraction of sp³-hybridized carbons (Fsp3) is 0.533. The Labute approximate surface area is 237 Å². The number of carbonyl (C=O) groups excluding carboxylic acids is 2. The molecule has 220 valence electrons. The molecule has 0 atom stereocenters. The highest BCUT2D eigenvalue weighted by atomic mass is 16.5. The van der Waals surface area contributed by atoms with E-state index in [-0.39, 0.29) is 11.9 Å². The molecule has 0 bridgehead atoms. The van der Waals surface area contributed by atoms with E-state index in [2.05, 4.69) is 9.80 Å². The lowest BCUT2D eigenvalue weighted by Gasteiger charge is -2.24. The van der Waals surface area contributed by atoms with E-state index in [1.54, 1.807) is 12.1 Å². The second-order valence-electron chi connectivity index (χ2n) is 9.40. The Kier molecular flexibility index (Phi) is 14.6. The Balaban J connectivity index is 1.51. The van der Waals surface area contributed by atoms with Crippen LogP contribution in [-0.2, 0) is 41.6 Å². The van der Waals surface area contributed by atoms with E-state index in [4.69, 9.17) is 28.4 Å². The molecule has 0 saturated carbocycles. The summed E-state index contributed by atoms with van der Waals surface area (Å²) < 4.78 is 34.1. The van der Waals surface area contributed by atoms with Gasteiger partial charge in [-0.1, -0.05) is 36.4 Å². The highest BCUT2D eigenvalue weighted by Crippen LogP contribution is 2.21. The molecule has 1 aliphatic rings. The second kappa shape index (κ2) is 18.5. The fourth-order valence-corrected chi connectivity index (χ4v) is 4.22. The maximum Gasteiger partial charge on any atom is 0.308 e. The van der Waals surface area contributed by atoms with E-state index >= 15 is 0 Å². The molecule has 1 fully saturated rings. The number of carbonyl (C=O) groups is 2. The van der Waals surface area contributed by atoms with Crippen molar-refractivity contribution < 1.29 is 38.0 Å². The fourth-order valence-electron chi connectivity index (χ4n) is 4.22. The minimum atomic E-state index is -0.339. The number of rotatable bonds is 6. The summed E-state index contributed by atoms with van der Waals surface area (Å²) in [5, 5.41) is 0. The van der Waals surface area contributed by atoms with Crippen LogP contribution in [0.15, 0.2) is 48.5 Å². The van der Waals surface area contributed by atoms with Gasteiger partial charge in [0.2, 0.25) is 0 Å². The molecule has 0 aromatic heterocycles. The first-order valence-corrected chi connectivity index (χ1v) is 13.8. The number of ether oxygens (including phenoxy) is 6. The van der Waals surface area contributed by atoms with Crippen LogP contribution in [0.4, 0.5) is 0 Å². The number of hydrogen-bond donors (Lipinski definition) is 0. The van der Waals surface area contributed by atoms with Gasteiger partial charge in [-0.25, -0.2) is 0 Å². The molecule has 3 rings (SSSR count). The van der Waals surface area contributed by atoms with Gasteiger partial charge in [-0.15, -0.1) is 0 Å². The molecule has 2 aromatic carbocycles. The lowest BCUT2D eigenvalue weighted by molar-refractivity contribution is -0.132. The molecule has 0 amide bonds. The third-order valence-electron chi connectivity index (χ3n) is 6.19. The molecular formula is C30H42N2O8. The van der Waals surface area contributed by atoms with Crippen molar-refractivity contribution in [1.29, 1.82) is 0 Å². The summed E-state index contributed by atoms with van der Waals surface area (Å²) >= 11 is 0. The van der Waals surface area contributed by atoms with Gasteiger partial charge in [0.1, 0.15) is 11.5 Å². The first-order chi connectivity index (χ1) is 19.5. The van der Waals surface area contributed by atoms with Crippen LogP contribution in [0.5, 0.6) is 11.5 Å². The van der Waals surface area contributed by atoms with Gasteiger partial charge in [0.25, 0.3) is 0 Å². The topological polar surface area (TPSA) is 96.0 Å². The molecule has 0 radical (unpaired) electrons. The van der Waals surface area contributed by atoms with Crippen LogP contribution in [0, 0.1) is 0 Å². The number of hydrogen-bond acceptors (Lipinski definition) is 10. The van der Waals surface area contributed by atoms with Crippen molar-refractivity contribution in [3.63, 3.8) is 0 Å². The first-order valence-electron chi connectivity index (χ1n) is 13.8. The highest BCUT2D eigenvalue weighted by molar-refractivity contribution is 5.70. The molecule has 10 nitrogen and oxygen atoms in total. The van der Waals surface area contributed by atoms with Crippen molar-refractivity contribution >= 4 is 11.9 Å². The molecule has 0 unspecified atom stereocenters. The molecule has 0 N–H and O–H groups in total. The zero-order valence-corrected chi connectivity index (χ0v) is 23.7. The van der Waals surface area contributed by atoms with E-state index in [1.165, 1.54) is 13.8 Å². The predicted molar refractivity (Wildman–Crippen MR) is 149 cm³/mol. The van der Waals surface area contributed by atoms with Gasteiger partial charge in [-0.2, -0.15) is 0 Å². The molecular weight excluding hydrogens is 516 g/mol. The van der Waals surface area contributed by atoms with Gasteiger partial charge in [0.05, 0.1) is 52.9 Å². The minimum Gasteiger partial charge on any atom is -0.426 e. The third-order valence-corrected chi connectivity index (χ3v) is 6.19. The molecule has 10 heteroatoms. The maximum atomic E-state index is 11.5. The quantitative estimate of drug-likeness (QED) is 0.389. The van der Waals surface area contributed by atoms with Gasteiger partial charge in [-0.3, -0.25) is 19.4 Å². The van der Waals surface area contributed by atoms with Gasteiger partial charge in [0.15, 0.2) is 0 Å². The molecule has 40 heavy (non-hydrogen) atoms. The van der Waals surface area contributed by atoms with E-state index in [0.29, 0.717) is 104 Å². The first kappa shape index (κ1) is 31.7. The Morgan fingerprint density at radius 1 is 0.575 bits per heavy atom. The Morgan fingerprint density at radius 2 is 0.900 bits per heavy atom. The van der Waals surface area contributed by atoms with Gasteiger partial charge in [0, 0.05) is 64.2 Å². The number of esters is 2. The average Bonchev–Trinajstić information content (AvgIpc) is 2.92. The summed E-state index contributed by atoms with van der Waals surface area (Å²) in [5.41, 5.74) is 1.87. The van der Waals surface area contributed by atoms with Crippen molar-refractivity contribution in [2.75, 3.05) is 79.0 Å². The van der Waals surface area contributed by atoms with E-state index in [1.807, 2.05) is 36.4 Å². The number of para-hydroxylation sites is 2. The van der Waals surface area contributed by atoms with Gasteiger partial charge >= 0.3 is 11.9 Å². The molecule has 0 aliphatic carbocycles. The van der Waals surface area contributed by atoms with Crippen LogP contribution in [0.25, 0.3) is 0 Å². The van der Waals surface area contributed by atoms with Crippen LogP contribution in [0.2, 0.25) is 0 Å². The van der Waals surface area contributed by atoms with Crippen LogP contribution >= 0.6 is 0 Å². The molecule has 2 aromatic rings. The normalized spacial score (nSPS) is 17.9. The monoisotopic (exact) mass is 558 g/mol. The van der Waals surface area contributed by atoms with Crippen molar-refractivity contribution in [3.05, 3.63) is 59.7 Å². The van der Waals surface area contributed by atoms with Crippen LogP contribution in [0.3, 0.4) is 0 Å². The molecule has 0 spiro atoms. The summed E-state index contributed by atoms with van der Waals surface area (Å²) in [7, 11) is 0. The Morgan fingerprint density at radius 3 is 1.23 bits per heavy atom. The summed E-state index contributed by atoms with van der Waals surface area (Å²) in [6, 6.07) is 15.1. The summed E-state index contributed by atoms with van der Waals surface area (Å²) in [6.07, 6.45) is 0. The Hall–Kier alpha value is -2.86. The largest absolute Gasteiger partial charge is 0.426 e. The summed E-state index contributed by atoms with van der Waals surface area (Å²) in [5.74, 6) is 0.464. The summed E-state index contributed by atoms with van der Waals surface area (Å²) in [4.78, 5) is 27.4.